The highest BCUT2D eigenvalue weighted by molar-refractivity contribution is 8.09. The minimum absolute atomic E-state index is 0.0241. The third-order valence-corrected chi connectivity index (χ3v) is 5.14. The van der Waals surface area contributed by atoms with Crippen LogP contribution in [0.2, 0.25) is 0 Å². The zero-order valence-corrected chi connectivity index (χ0v) is 12.7. The molecule has 0 saturated carbocycles. The van der Waals surface area contributed by atoms with Crippen LogP contribution in [0.3, 0.4) is 0 Å². The Morgan fingerprint density at radius 2 is 1.59 bits per heavy atom. The summed E-state index contributed by atoms with van der Waals surface area (Å²) in [5, 5.41) is 30.1. The van der Waals surface area contributed by atoms with E-state index in [0.29, 0.717) is 26.6 Å². The number of allylic oxidation sites excluding steroid dienone is 2. The molecule has 9 heteroatoms. The molecule has 1 aromatic heterocycles. The fourth-order valence-electron chi connectivity index (χ4n) is 1.93. The van der Waals surface area contributed by atoms with E-state index in [0.717, 1.165) is 23.5 Å². The molecule has 7 nitrogen and oxygen atoms in total. The van der Waals surface area contributed by atoms with Crippen LogP contribution in [-0.2, 0) is 0 Å². The van der Waals surface area contributed by atoms with Gasteiger partial charge in [-0.2, -0.15) is 10.5 Å². The van der Waals surface area contributed by atoms with E-state index in [-0.39, 0.29) is 15.5 Å². The van der Waals surface area contributed by atoms with Crippen molar-refractivity contribution in [2.24, 2.45) is 0 Å². The summed E-state index contributed by atoms with van der Waals surface area (Å²) in [5.74, 6) is 0. The molecule has 1 aliphatic rings. The van der Waals surface area contributed by atoms with Gasteiger partial charge < -0.3 is 0 Å². The third-order valence-electron chi connectivity index (χ3n) is 2.92. The van der Waals surface area contributed by atoms with Gasteiger partial charge in [0.2, 0.25) is 0 Å². The van der Waals surface area contributed by atoms with Gasteiger partial charge in [-0.1, -0.05) is 23.5 Å². The average molecular weight is 327 g/mol. The lowest BCUT2D eigenvalue weighted by atomic mass is 10.2. The molecule has 0 bridgehead atoms. The second-order valence-corrected chi connectivity index (χ2v) is 6.30. The molecule has 0 fully saturated rings. The molecule has 1 aromatic carbocycles. The number of thioether (sulfide) groups is 2. The second-order valence-electron chi connectivity index (χ2n) is 4.30. The predicted octanol–water partition coefficient (Wildman–Crippen LogP) is 3.30. The largest absolute Gasteiger partial charge is 0.274 e. The Balaban J connectivity index is 2.20. The Hall–Kier alpha value is -2.62. The minimum Gasteiger partial charge on any atom is -0.258 e. The maximum atomic E-state index is 11.0. The van der Waals surface area contributed by atoms with E-state index in [1.54, 1.807) is 13.0 Å². The van der Waals surface area contributed by atoms with Crippen LogP contribution in [0.25, 0.3) is 11.0 Å². The molecular weight excluding hydrogens is 322 g/mol. The normalized spacial score (nSPS) is 13.4. The molecule has 0 amide bonds. The van der Waals surface area contributed by atoms with Crippen LogP contribution in [0, 0.1) is 39.7 Å². The molecule has 0 saturated heterocycles. The molecule has 22 heavy (non-hydrogen) atoms. The quantitative estimate of drug-likeness (QED) is 0.578. The zero-order valence-electron chi connectivity index (χ0n) is 11.0. The number of benzene rings is 1. The van der Waals surface area contributed by atoms with Gasteiger partial charge in [-0.25, -0.2) is 9.97 Å². The van der Waals surface area contributed by atoms with Crippen LogP contribution in [0.1, 0.15) is 5.56 Å². The monoisotopic (exact) mass is 327 g/mol. The van der Waals surface area contributed by atoms with Crippen molar-refractivity contribution < 1.29 is 4.92 Å². The summed E-state index contributed by atoms with van der Waals surface area (Å²) in [6.45, 7) is 1.63. The van der Waals surface area contributed by atoms with Gasteiger partial charge >= 0.3 is 0 Å². The molecule has 0 spiro atoms. The van der Waals surface area contributed by atoms with Crippen LogP contribution in [0.5, 0.6) is 0 Å². The van der Waals surface area contributed by atoms with Crippen molar-refractivity contribution in [3.8, 4) is 12.1 Å². The van der Waals surface area contributed by atoms with Crippen LogP contribution in [0.15, 0.2) is 32.0 Å². The number of fused-ring (bicyclic) bond motifs is 2. The summed E-state index contributed by atoms with van der Waals surface area (Å²) in [5.41, 5.74) is 1.38. The van der Waals surface area contributed by atoms with E-state index < -0.39 is 4.92 Å². The van der Waals surface area contributed by atoms with E-state index in [1.807, 2.05) is 12.1 Å². The van der Waals surface area contributed by atoms with Crippen molar-refractivity contribution in [1.82, 2.24) is 9.97 Å². The molecular formula is C13H5N5O2S2. The Morgan fingerprint density at radius 3 is 2.05 bits per heavy atom. The van der Waals surface area contributed by atoms with Gasteiger partial charge in [0.25, 0.3) is 5.69 Å². The molecule has 0 N–H and O–H groups in total. The van der Waals surface area contributed by atoms with Crippen molar-refractivity contribution in [1.29, 1.82) is 10.5 Å². The first-order valence-corrected chi connectivity index (χ1v) is 7.53. The fourth-order valence-corrected chi connectivity index (χ4v) is 3.74. The summed E-state index contributed by atoms with van der Waals surface area (Å²) < 4.78 is 0. The number of nitrogens with zero attached hydrogens (tertiary/aromatic N) is 5. The number of rotatable bonds is 1. The first kappa shape index (κ1) is 14.3. The van der Waals surface area contributed by atoms with Crippen molar-refractivity contribution in [2.75, 3.05) is 0 Å². The molecule has 2 heterocycles. The Bertz CT molecular complexity index is 956. The topological polar surface area (TPSA) is 116 Å². The molecule has 3 rings (SSSR count). The van der Waals surface area contributed by atoms with Crippen LogP contribution in [-0.4, -0.2) is 14.9 Å². The summed E-state index contributed by atoms with van der Waals surface area (Å²) in [6.07, 6.45) is 0. The summed E-state index contributed by atoms with van der Waals surface area (Å²) in [6, 6.07) is 6.90. The van der Waals surface area contributed by atoms with E-state index in [1.165, 1.54) is 6.07 Å². The highest BCUT2D eigenvalue weighted by atomic mass is 32.2. The first-order valence-electron chi connectivity index (χ1n) is 5.90. The lowest BCUT2D eigenvalue weighted by molar-refractivity contribution is -0.385. The fraction of sp³-hybridized carbons (Fsp3) is 0.0769. The first-order chi connectivity index (χ1) is 10.5. The maximum Gasteiger partial charge on any atom is 0.274 e. The van der Waals surface area contributed by atoms with Crippen LogP contribution < -0.4 is 0 Å². The molecule has 106 valence electrons. The average Bonchev–Trinajstić information content (AvgIpc) is 2.50. The molecule has 0 unspecified atom stereocenters. The van der Waals surface area contributed by atoms with E-state index in [4.69, 9.17) is 10.5 Å². The van der Waals surface area contributed by atoms with E-state index >= 15 is 0 Å². The van der Waals surface area contributed by atoms with Gasteiger partial charge in [-0.3, -0.25) is 10.1 Å². The molecule has 0 aliphatic carbocycles. The predicted molar refractivity (Wildman–Crippen MR) is 80.9 cm³/mol. The van der Waals surface area contributed by atoms with Crippen LogP contribution in [0.4, 0.5) is 5.69 Å². The van der Waals surface area contributed by atoms with Gasteiger partial charge in [0.1, 0.15) is 32.0 Å². The minimum atomic E-state index is -0.466. The van der Waals surface area contributed by atoms with Crippen molar-refractivity contribution >= 4 is 40.2 Å². The summed E-state index contributed by atoms with van der Waals surface area (Å²) in [4.78, 5) is 19.8. The third kappa shape index (κ3) is 2.26. The van der Waals surface area contributed by atoms with Gasteiger partial charge in [-0.05, 0) is 13.0 Å². The Kier molecular flexibility index (Phi) is 3.45. The Labute approximate surface area is 132 Å². The number of nitro groups is 1. The summed E-state index contributed by atoms with van der Waals surface area (Å²) >= 11 is 2.14. The molecule has 1 aliphatic heterocycles. The highest BCUT2D eigenvalue weighted by Gasteiger charge is 2.24. The number of hydrogen-bond donors (Lipinski definition) is 0. The van der Waals surface area contributed by atoms with Gasteiger partial charge in [-0.15, -0.1) is 0 Å². The number of hydrogen-bond acceptors (Lipinski definition) is 8. The van der Waals surface area contributed by atoms with Crippen molar-refractivity contribution in [3.05, 3.63) is 37.6 Å². The SMILES string of the molecule is Cc1cc2nc3c(nc2cc1[N+](=O)[O-])SC(C#N)=C(C#N)S3. The van der Waals surface area contributed by atoms with Gasteiger partial charge in [0, 0.05) is 11.6 Å². The lowest BCUT2D eigenvalue weighted by Gasteiger charge is -2.13. The molecule has 0 atom stereocenters. The van der Waals surface area contributed by atoms with E-state index in [2.05, 4.69) is 9.97 Å². The number of nitro benzene ring substituents is 1. The maximum absolute atomic E-state index is 11.0. The standard InChI is InChI=1S/C13H5N5O2S2/c1-6-2-7-8(3-9(6)18(19)20)17-13-12(16-7)21-10(4-14)11(5-15)22-13/h2-3H,1H3. The Morgan fingerprint density at radius 1 is 1.09 bits per heavy atom. The van der Waals surface area contributed by atoms with Crippen molar-refractivity contribution in [2.45, 2.75) is 17.0 Å². The van der Waals surface area contributed by atoms with Crippen LogP contribution >= 0.6 is 23.5 Å². The number of aromatic nitrogens is 2. The van der Waals surface area contributed by atoms with Gasteiger partial charge in [0.15, 0.2) is 0 Å². The van der Waals surface area contributed by atoms with Gasteiger partial charge in [0.05, 0.1) is 16.0 Å². The number of aryl methyl sites for hydroxylation is 1. The molecule has 2 aromatic rings. The zero-order chi connectivity index (χ0) is 15.9. The van der Waals surface area contributed by atoms with Crippen molar-refractivity contribution in [3.63, 3.8) is 0 Å². The summed E-state index contributed by atoms with van der Waals surface area (Å²) in [7, 11) is 0. The van der Waals surface area contributed by atoms with E-state index in [9.17, 15) is 10.1 Å². The lowest BCUT2D eigenvalue weighted by Crippen LogP contribution is -1.99. The highest BCUT2D eigenvalue weighted by Crippen LogP contribution is 2.45. The number of nitriles is 2. The smallest absolute Gasteiger partial charge is 0.258 e. The second kappa shape index (κ2) is 5.30. The molecule has 0 radical (unpaired) electrons.